The van der Waals surface area contributed by atoms with Gasteiger partial charge in [-0.05, 0) is 41.1 Å². The Kier molecular flexibility index (Phi) is 7.76. The zero-order valence-corrected chi connectivity index (χ0v) is 17.2. The third-order valence-electron chi connectivity index (χ3n) is 3.59. The predicted octanol–water partition coefficient (Wildman–Crippen LogP) is 3.53. The molecular weight excluding hydrogens is 426 g/mol. The van der Waals surface area contributed by atoms with E-state index in [1.165, 1.54) is 7.11 Å². The number of aryl methyl sites for hydroxylation is 1. The molecule has 0 fully saturated rings. The summed E-state index contributed by atoms with van der Waals surface area (Å²) >= 11 is 3.44. The van der Waals surface area contributed by atoms with Gasteiger partial charge in [-0.1, -0.05) is 0 Å². The third kappa shape index (κ3) is 5.19. The van der Waals surface area contributed by atoms with Crippen LogP contribution in [0.15, 0.2) is 27.8 Å². The van der Waals surface area contributed by atoms with Gasteiger partial charge >= 0.3 is 0 Å². The zero-order valence-electron chi connectivity index (χ0n) is 15.6. The fourth-order valence-corrected chi connectivity index (χ4v) is 2.84. The van der Waals surface area contributed by atoms with Crippen LogP contribution in [0.3, 0.4) is 0 Å². The van der Waals surface area contributed by atoms with Crippen LogP contribution in [0.1, 0.15) is 22.4 Å². The van der Waals surface area contributed by atoms with Gasteiger partial charge in [0.25, 0.3) is 0 Å². The predicted molar refractivity (Wildman–Crippen MR) is 107 cm³/mol. The van der Waals surface area contributed by atoms with Gasteiger partial charge < -0.3 is 14.2 Å². The van der Waals surface area contributed by atoms with E-state index in [4.69, 9.17) is 19.5 Å². The highest BCUT2D eigenvalue weighted by molar-refractivity contribution is 9.10. The molecule has 0 spiro atoms. The van der Waals surface area contributed by atoms with Gasteiger partial charge in [0.15, 0.2) is 23.9 Å². The topological polar surface area (TPSA) is 113 Å². The van der Waals surface area contributed by atoms with Crippen molar-refractivity contribution in [3.05, 3.63) is 45.1 Å². The van der Waals surface area contributed by atoms with Crippen molar-refractivity contribution in [1.82, 2.24) is 4.98 Å². The smallest absolute Gasteiger partial charge is 0.174 e. The molecule has 1 aromatic carbocycles. The first-order valence-electron chi connectivity index (χ1n) is 8.10. The Bertz CT molecular complexity index is 964. The lowest BCUT2D eigenvalue weighted by Crippen LogP contribution is -2.04. The molecule has 0 aliphatic carbocycles. The van der Waals surface area contributed by atoms with Crippen molar-refractivity contribution in [3.63, 3.8) is 0 Å². The number of aromatic nitrogens is 1. The lowest BCUT2D eigenvalue weighted by molar-refractivity contribution is 0.184. The van der Waals surface area contributed by atoms with E-state index in [1.54, 1.807) is 31.5 Å². The van der Waals surface area contributed by atoms with Gasteiger partial charge in [0.2, 0.25) is 0 Å². The van der Waals surface area contributed by atoms with Crippen molar-refractivity contribution >= 4 is 28.0 Å². The molecule has 0 aliphatic heterocycles. The van der Waals surface area contributed by atoms with E-state index in [0.29, 0.717) is 39.5 Å². The Morgan fingerprint density at radius 1 is 1.25 bits per heavy atom. The Balaban J connectivity index is 2.28. The van der Waals surface area contributed by atoms with E-state index < -0.39 is 0 Å². The fraction of sp³-hybridized carbons (Fsp3) is 0.263. The molecule has 1 N–H and O–H groups in total. The van der Waals surface area contributed by atoms with Crippen LogP contribution in [0.4, 0.5) is 5.82 Å². The van der Waals surface area contributed by atoms with Crippen molar-refractivity contribution in [2.75, 3.05) is 26.3 Å². The molecular formula is C19H18BrN5O3. The normalized spacial score (nSPS) is 10.4. The highest BCUT2D eigenvalue weighted by atomic mass is 79.9. The quantitative estimate of drug-likeness (QED) is 0.490. The Morgan fingerprint density at radius 2 is 2.04 bits per heavy atom. The van der Waals surface area contributed by atoms with Gasteiger partial charge in [-0.3, -0.25) is 5.43 Å². The van der Waals surface area contributed by atoms with E-state index in [2.05, 4.69) is 37.5 Å². The molecule has 28 heavy (non-hydrogen) atoms. The second-order valence-corrected chi connectivity index (χ2v) is 6.39. The summed E-state index contributed by atoms with van der Waals surface area (Å²) in [4.78, 5) is 4.33. The maximum atomic E-state index is 9.45. The molecule has 0 bridgehead atoms. The van der Waals surface area contributed by atoms with E-state index in [-0.39, 0.29) is 6.61 Å². The SMILES string of the molecule is COCc1cc(C)nc(N/N=C\c2cc(OC)c(OCC#N)cc2Br)c1C#N. The summed E-state index contributed by atoms with van der Waals surface area (Å²) < 4.78 is 16.5. The van der Waals surface area contributed by atoms with Crippen LogP contribution < -0.4 is 14.9 Å². The van der Waals surface area contributed by atoms with E-state index in [9.17, 15) is 5.26 Å². The van der Waals surface area contributed by atoms with Gasteiger partial charge in [0, 0.05) is 28.4 Å². The number of anilines is 1. The summed E-state index contributed by atoms with van der Waals surface area (Å²) in [5, 5.41) is 22.3. The number of hydrogen-bond donors (Lipinski definition) is 1. The molecule has 0 saturated carbocycles. The van der Waals surface area contributed by atoms with Crippen molar-refractivity contribution in [2.24, 2.45) is 5.10 Å². The van der Waals surface area contributed by atoms with Crippen LogP contribution in [0, 0.1) is 29.6 Å². The third-order valence-corrected chi connectivity index (χ3v) is 4.28. The summed E-state index contributed by atoms with van der Waals surface area (Å²) in [5.41, 5.74) is 5.37. The number of methoxy groups -OCH3 is 2. The molecule has 0 radical (unpaired) electrons. The summed E-state index contributed by atoms with van der Waals surface area (Å²) in [5.74, 6) is 1.26. The molecule has 8 nitrogen and oxygen atoms in total. The van der Waals surface area contributed by atoms with Crippen molar-refractivity contribution in [3.8, 4) is 23.6 Å². The van der Waals surface area contributed by atoms with Crippen LogP contribution >= 0.6 is 15.9 Å². The number of halogens is 1. The first kappa shape index (κ1) is 21.2. The summed E-state index contributed by atoms with van der Waals surface area (Å²) in [7, 11) is 3.08. The van der Waals surface area contributed by atoms with Gasteiger partial charge in [-0.25, -0.2) is 4.98 Å². The van der Waals surface area contributed by atoms with E-state index >= 15 is 0 Å². The second-order valence-electron chi connectivity index (χ2n) is 5.53. The zero-order chi connectivity index (χ0) is 20.5. The molecule has 0 unspecified atom stereocenters. The standard InChI is InChI=1S/C19H18BrN5O3/c1-12-6-14(11-26-2)15(9-22)19(24-12)25-23-10-13-7-17(27-3)18(8-16(13)20)28-5-4-21/h6-8,10H,5,11H2,1-3H3,(H,24,25)/b23-10-. The van der Waals surface area contributed by atoms with Crippen molar-refractivity contribution < 1.29 is 14.2 Å². The molecule has 2 aromatic rings. The Labute approximate surface area is 171 Å². The van der Waals surface area contributed by atoms with Gasteiger partial charge in [0.05, 0.1) is 19.9 Å². The summed E-state index contributed by atoms with van der Waals surface area (Å²) in [6.07, 6.45) is 1.56. The van der Waals surface area contributed by atoms with Crippen LogP contribution in [0.5, 0.6) is 11.5 Å². The highest BCUT2D eigenvalue weighted by Crippen LogP contribution is 2.33. The largest absolute Gasteiger partial charge is 0.493 e. The second kappa shape index (κ2) is 10.3. The van der Waals surface area contributed by atoms with Crippen LogP contribution in [0.25, 0.3) is 0 Å². The van der Waals surface area contributed by atoms with Crippen LogP contribution in [0.2, 0.25) is 0 Å². The molecule has 0 amide bonds. The molecule has 144 valence electrons. The van der Waals surface area contributed by atoms with Gasteiger partial charge in [-0.2, -0.15) is 15.6 Å². The average Bonchev–Trinajstić information content (AvgIpc) is 2.67. The average molecular weight is 444 g/mol. The van der Waals surface area contributed by atoms with E-state index in [1.807, 2.05) is 13.0 Å². The number of nitrogens with zero attached hydrogens (tertiary/aromatic N) is 4. The maximum Gasteiger partial charge on any atom is 0.174 e. The number of hydrogen-bond acceptors (Lipinski definition) is 8. The minimum absolute atomic E-state index is 0.0858. The van der Waals surface area contributed by atoms with Crippen molar-refractivity contribution in [1.29, 1.82) is 10.5 Å². The number of nitrogens with one attached hydrogen (secondary N) is 1. The molecule has 9 heteroatoms. The van der Waals surface area contributed by atoms with Gasteiger partial charge in [-0.15, -0.1) is 0 Å². The molecule has 1 heterocycles. The maximum absolute atomic E-state index is 9.45. The monoisotopic (exact) mass is 443 g/mol. The van der Waals surface area contributed by atoms with E-state index in [0.717, 1.165) is 11.3 Å². The van der Waals surface area contributed by atoms with Gasteiger partial charge in [0.1, 0.15) is 17.7 Å². The summed E-state index contributed by atoms with van der Waals surface area (Å²) in [6.45, 7) is 2.05. The Morgan fingerprint density at radius 3 is 2.68 bits per heavy atom. The summed E-state index contributed by atoms with van der Waals surface area (Å²) in [6, 6.07) is 9.26. The number of pyridine rings is 1. The number of ether oxygens (including phenoxy) is 3. The van der Waals surface area contributed by atoms with Crippen LogP contribution in [-0.2, 0) is 11.3 Å². The Hall–Kier alpha value is -3.14. The minimum Gasteiger partial charge on any atom is -0.493 e. The van der Waals surface area contributed by atoms with Crippen molar-refractivity contribution in [2.45, 2.75) is 13.5 Å². The lowest BCUT2D eigenvalue weighted by atomic mass is 10.1. The molecule has 0 saturated heterocycles. The molecule has 2 rings (SSSR count). The number of benzene rings is 1. The lowest BCUT2D eigenvalue weighted by Gasteiger charge is -2.11. The first-order chi connectivity index (χ1) is 13.5. The minimum atomic E-state index is -0.0858. The fourth-order valence-electron chi connectivity index (χ4n) is 2.41. The first-order valence-corrected chi connectivity index (χ1v) is 8.89. The number of rotatable bonds is 8. The highest BCUT2D eigenvalue weighted by Gasteiger charge is 2.12. The van der Waals surface area contributed by atoms with Crippen LogP contribution in [-0.4, -0.2) is 32.0 Å². The molecule has 1 aromatic heterocycles. The molecule has 0 atom stereocenters. The number of nitriles is 2. The molecule has 0 aliphatic rings. The number of hydrazone groups is 1.